The van der Waals surface area contributed by atoms with Crippen molar-refractivity contribution in [2.24, 2.45) is 0 Å². The molecule has 3 heterocycles. The lowest BCUT2D eigenvalue weighted by atomic mass is 10.1. The first-order valence-electron chi connectivity index (χ1n) is 6.41. The van der Waals surface area contributed by atoms with E-state index in [-0.39, 0.29) is 0 Å². The van der Waals surface area contributed by atoms with Crippen LogP contribution in [0.4, 0.5) is 5.88 Å². The Hall–Kier alpha value is -1.99. The molecule has 21 heavy (non-hydrogen) atoms. The SMILES string of the molecule is CCc1nnc2n1Nc1onc(-c3ccccc3Cl)c1S2. The van der Waals surface area contributed by atoms with E-state index in [1.165, 1.54) is 11.8 Å². The number of hydrogen-bond donors (Lipinski definition) is 1. The number of rotatable bonds is 2. The van der Waals surface area contributed by atoms with Crippen molar-refractivity contribution < 1.29 is 4.52 Å². The fourth-order valence-electron chi connectivity index (χ4n) is 2.17. The minimum absolute atomic E-state index is 0.580. The molecule has 0 saturated carbocycles. The summed E-state index contributed by atoms with van der Waals surface area (Å²) < 4.78 is 7.22. The molecule has 106 valence electrons. The molecule has 0 aliphatic carbocycles. The van der Waals surface area contributed by atoms with Crippen LogP contribution in [0, 0.1) is 0 Å². The van der Waals surface area contributed by atoms with Crippen molar-refractivity contribution in [3.8, 4) is 11.3 Å². The molecule has 1 aromatic carbocycles. The summed E-state index contributed by atoms with van der Waals surface area (Å²) in [6, 6.07) is 7.54. The topological polar surface area (TPSA) is 68.8 Å². The van der Waals surface area contributed by atoms with Crippen LogP contribution in [0.3, 0.4) is 0 Å². The van der Waals surface area contributed by atoms with E-state index in [4.69, 9.17) is 16.1 Å². The van der Waals surface area contributed by atoms with Crippen LogP contribution in [0.2, 0.25) is 5.02 Å². The van der Waals surface area contributed by atoms with E-state index in [0.29, 0.717) is 16.6 Å². The Morgan fingerprint density at radius 3 is 3.00 bits per heavy atom. The molecule has 1 aliphatic heterocycles. The Bertz CT molecular complexity index is 828. The van der Waals surface area contributed by atoms with Gasteiger partial charge in [0.25, 0.3) is 5.88 Å². The van der Waals surface area contributed by atoms with Crippen molar-refractivity contribution in [3.63, 3.8) is 0 Å². The van der Waals surface area contributed by atoms with E-state index in [2.05, 4.69) is 20.8 Å². The normalized spacial score (nSPS) is 12.7. The first-order valence-corrected chi connectivity index (χ1v) is 7.61. The standard InChI is InChI=1S/C13H10ClN5OS/c1-2-9-15-16-13-19(9)17-12-11(21-13)10(18-20-12)7-5-3-4-6-8(7)14/h3-6,17H,2H2,1H3. The van der Waals surface area contributed by atoms with Gasteiger partial charge in [0.1, 0.15) is 10.6 Å². The van der Waals surface area contributed by atoms with Gasteiger partial charge in [-0.3, -0.25) is 5.43 Å². The van der Waals surface area contributed by atoms with Gasteiger partial charge in [0.2, 0.25) is 5.16 Å². The summed E-state index contributed by atoms with van der Waals surface area (Å²) in [5.74, 6) is 1.43. The second-order valence-corrected chi connectivity index (χ2v) is 5.86. The van der Waals surface area contributed by atoms with E-state index in [9.17, 15) is 0 Å². The second-order valence-electron chi connectivity index (χ2n) is 4.47. The monoisotopic (exact) mass is 319 g/mol. The Kier molecular flexibility index (Phi) is 2.90. The third-order valence-corrected chi connectivity index (χ3v) is 4.56. The number of anilines is 1. The molecule has 0 atom stereocenters. The second kappa shape index (κ2) is 4.78. The Morgan fingerprint density at radius 2 is 2.19 bits per heavy atom. The van der Waals surface area contributed by atoms with Crippen LogP contribution in [0.15, 0.2) is 38.8 Å². The highest BCUT2D eigenvalue weighted by Gasteiger charge is 2.28. The fraction of sp³-hybridized carbons (Fsp3) is 0.154. The minimum atomic E-state index is 0.580. The summed E-state index contributed by atoms with van der Waals surface area (Å²) in [7, 11) is 0. The number of nitrogens with zero attached hydrogens (tertiary/aromatic N) is 4. The molecular weight excluding hydrogens is 310 g/mol. The van der Waals surface area contributed by atoms with Crippen LogP contribution in [0.25, 0.3) is 11.3 Å². The summed E-state index contributed by atoms with van der Waals surface area (Å²) in [5, 5.41) is 13.9. The summed E-state index contributed by atoms with van der Waals surface area (Å²) in [5.41, 5.74) is 4.69. The van der Waals surface area contributed by atoms with Crippen molar-refractivity contribution in [1.82, 2.24) is 20.0 Å². The van der Waals surface area contributed by atoms with Gasteiger partial charge in [-0.05, 0) is 17.8 Å². The highest BCUT2D eigenvalue weighted by atomic mass is 35.5. The highest BCUT2D eigenvalue weighted by molar-refractivity contribution is 7.99. The van der Waals surface area contributed by atoms with Gasteiger partial charge in [0.15, 0.2) is 5.82 Å². The van der Waals surface area contributed by atoms with E-state index in [1.807, 2.05) is 35.9 Å². The van der Waals surface area contributed by atoms with Crippen molar-refractivity contribution in [1.29, 1.82) is 0 Å². The third-order valence-electron chi connectivity index (χ3n) is 3.20. The number of halogens is 1. The van der Waals surface area contributed by atoms with Gasteiger partial charge in [-0.1, -0.05) is 41.9 Å². The molecule has 0 amide bonds. The molecule has 0 unspecified atom stereocenters. The number of aromatic nitrogens is 4. The summed E-state index contributed by atoms with van der Waals surface area (Å²) in [6.07, 6.45) is 0.779. The number of fused-ring (bicyclic) bond motifs is 2. The third kappa shape index (κ3) is 1.92. The zero-order valence-corrected chi connectivity index (χ0v) is 12.6. The van der Waals surface area contributed by atoms with Crippen LogP contribution in [-0.2, 0) is 6.42 Å². The molecule has 2 aromatic heterocycles. The Balaban J connectivity index is 1.81. The van der Waals surface area contributed by atoms with Gasteiger partial charge < -0.3 is 4.52 Å². The average Bonchev–Trinajstić information content (AvgIpc) is 3.08. The molecule has 3 aromatic rings. The van der Waals surface area contributed by atoms with Crippen molar-refractivity contribution >= 4 is 29.2 Å². The van der Waals surface area contributed by atoms with Gasteiger partial charge in [0.05, 0.1) is 5.02 Å². The molecule has 0 spiro atoms. The molecule has 0 fully saturated rings. The number of hydrogen-bond acceptors (Lipinski definition) is 6. The first kappa shape index (κ1) is 12.7. The molecule has 1 N–H and O–H groups in total. The zero-order chi connectivity index (χ0) is 14.4. The van der Waals surface area contributed by atoms with Crippen LogP contribution >= 0.6 is 23.4 Å². The lowest BCUT2D eigenvalue weighted by Crippen LogP contribution is -2.16. The maximum Gasteiger partial charge on any atom is 0.258 e. The van der Waals surface area contributed by atoms with Crippen molar-refractivity contribution in [2.75, 3.05) is 5.43 Å². The first-order chi connectivity index (χ1) is 10.3. The average molecular weight is 320 g/mol. The largest absolute Gasteiger partial charge is 0.335 e. The van der Waals surface area contributed by atoms with Crippen molar-refractivity contribution in [3.05, 3.63) is 35.1 Å². The summed E-state index contributed by atoms with van der Waals surface area (Å²) in [6.45, 7) is 2.02. The quantitative estimate of drug-likeness (QED) is 0.610. The maximum atomic E-state index is 6.24. The predicted octanol–water partition coefficient (Wildman–Crippen LogP) is 3.49. The van der Waals surface area contributed by atoms with Crippen LogP contribution in [0.1, 0.15) is 12.7 Å². The minimum Gasteiger partial charge on any atom is -0.335 e. The molecule has 1 aliphatic rings. The molecule has 6 nitrogen and oxygen atoms in total. The van der Waals surface area contributed by atoms with Gasteiger partial charge in [-0.15, -0.1) is 10.2 Å². The smallest absolute Gasteiger partial charge is 0.258 e. The van der Waals surface area contributed by atoms with E-state index >= 15 is 0 Å². The molecular formula is C13H10ClN5OS. The molecule has 0 bridgehead atoms. The van der Waals surface area contributed by atoms with Gasteiger partial charge in [-0.2, -0.15) is 0 Å². The number of benzene rings is 1. The molecule has 4 rings (SSSR count). The lowest BCUT2D eigenvalue weighted by Gasteiger charge is -2.15. The summed E-state index contributed by atoms with van der Waals surface area (Å²) >= 11 is 7.71. The Labute approximate surface area is 129 Å². The van der Waals surface area contributed by atoms with E-state index in [0.717, 1.165) is 27.9 Å². The van der Waals surface area contributed by atoms with Crippen LogP contribution < -0.4 is 5.43 Å². The maximum absolute atomic E-state index is 6.24. The molecule has 0 saturated heterocycles. The molecule has 0 radical (unpaired) electrons. The lowest BCUT2D eigenvalue weighted by molar-refractivity contribution is 0.427. The fourth-order valence-corrected chi connectivity index (χ4v) is 3.32. The zero-order valence-electron chi connectivity index (χ0n) is 11.0. The highest BCUT2D eigenvalue weighted by Crippen LogP contribution is 2.44. The predicted molar refractivity (Wildman–Crippen MR) is 79.5 cm³/mol. The molecule has 8 heteroatoms. The van der Waals surface area contributed by atoms with Crippen LogP contribution in [0.5, 0.6) is 0 Å². The van der Waals surface area contributed by atoms with E-state index in [1.54, 1.807) is 0 Å². The van der Waals surface area contributed by atoms with Crippen molar-refractivity contribution in [2.45, 2.75) is 23.4 Å². The summed E-state index contributed by atoms with van der Waals surface area (Å²) in [4.78, 5) is 0.866. The number of aryl methyl sites for hydroxylation is 1. The van der Waals surface area contributed by atoms with Gasteiger partial charge in [0, 0.05) is 12.0 Å². The van der Waals surface area contributed by atoms with Crippen LogP contribution in [-0.4, -0.2) is 20.0 Å². The van der Waals surface area contributed by atoms with E-state index < -0.39 is 0 Å². The van der Waals surface area contributed by atoms with Gasteiger partial charge >= 0.3 is 0 Å². The number of nitrogens with one attached hydrogen (secondary N) is 1. The van der Waals surface area contributed by atoms with Gasteiger partial charge in [-0.25, -0.2) is 4.68 Å². The Morgan fingerprint density at radius 1 is 1.33 bits per heavy atom.